The van der Waals surface area contributed by atoms with Gasteiger partial charge in [-0.15, -0.1) is 0 Å². The van der Waals surface area contributed by atoms with E-state index < -0.39 is 23.1 Å². The van der Waals surface area contributed by atoms with Crippen molar-refractivity contribution >= 4 is 21.9 Å². The van der Waals surface area contributed by atoms with Crippen LogP contribution in [0, 0.1) is 11.3 Å². The van der Waals surface area contributed by atoms with Crippen molar-refractivity contribution in [2.24, 2.45) is 17.1 Å². The van der Waals surface area contributed by atoms with Gasteiger partial charge < -0.3 is 10.8 Å². The predicted molar refractivity (Wildman–Crippen MR) is 54.2 cm³/mol. The van der Waals surface area contributed by atoms with Crippen LogP contribution in [0.5, 0.6) is 0 Å². The Kier molecular flexibility index (Phi) is 2.71. The lowest BCUT2D eigenvalue weighted by Gasteiger charge is -2.34. The van der Waals surface area contributed by atoms with Crippen LogP contribution in [0.2, 0.25) is 0 Å². The van der Waals surface area contributed by atoms with Gasteiger partial charge in [-0.25, -0.2) is 4.39 Å². The SMILES string of the molecule is CC1C(Br)=C(F)C=C(N)C1(C)C(=O)O. The molecule has 1 aliphatic rings. The molecule has 3 nitrogen and oxygen atoms in total. The number of halogens is 2. The molecule has 1 rings (SSSR count). The van der Waals surface area contributed by atoms with Crippen LogP contribution in [0.15, 0.2) is 22.1 Å². The van der Waals surface area contributed by atoms with Crippen LogP contribution in [0.3, 0.4) is 0 Å². The highest BCUT2D eigenvalue weighted by Crippen LogP contribution is 2.45. The summed E-state index contributed by atoms with van der Waals surface area (Å²) >= 11 is 3.03. The van der Waals surface area contributed by atoms with Gasteiger partial charge in [0.25, 0.3) is 0 Å². The Bertz CT molecular complexity index is 351. The van der Waals surface area contributed by atoms with Gasteiger partial charge in [0.2, 0.25) is 0 Å². The molecule has 0 bridgehead atoms. The Morgan fingerprint density at radius 2 is 2.29 bits per heavy atom. The Morgan fingerprint density at radius 1 is 1.79 bits per heavy atom. The van der Waals surface area contributed by atoms with Crippen molar-refractivity contribution in [3.05, 3.63) is 22.1 Å². The van der Waals surface area contributed by atoms with Crippen LogP contribution in [-0.2, 0) is 4.79 Å². The van der Waals surface area contributed by atoms with E-state index in [0.29, 0.717) is 0 Å². The number of carboxylic acids is 1. The van der Waals surface area contributed by atoms with Crippen LogP contribution < -0.4 is 5.73 Å². The molecule has 0 spiro atoms. The monoisotopic (exact) mass is 263 g/mol. The molecular formula is C9H11BrFNO2. The Balaban J connectivity index is 3.29. The van der Waals surface area contributed by atoms with Gasteiger partial charge in [0.05, 0.1) is 0 Å². The van der Waals surface area contributed by atoms with Gasteiger partial charge in [0.15, 0.2) is 0 Å². The predicted octanol–water partition coefficient (Wildman–Crippen LogP) is 2.15. The average molecular weight is 264 g/mol. The number of nitrogens with two attached hydrogens (primary N) is 1. The summed E-state index contributed by atoms with van der Waals surface area (Å²) in [6, 6.07) is 0. The zero-order valence-corrected chi connectivity index (χ0v) is 9.43. The van der Waals surface area contributed by atoms with Crippen molar-refractivity contribution in [1.29, 1.82) is 0 Å². The number of carbonyl (C=O) groups is 1. The van der Waals surface area contributed by atoms with E-state index in [1.54, 1.807) is 6.92 Å². The van der Waals surface area contributed by atoms with Crippen molar-refractivity contribution in [3.8, 4) is 0 Å². The molecule has 0 aliphatic heterocycles. The third kappa shape index (κ3) is 1.35. The van der Waals surface area contributed by atoms with Crippen molar-refractivity contribution < 1.29 is 14.3 Å². The molecule has 14 heavy (non-hydrogen) atoms. The zero-order valence-electron chi connectivity index (χ0n) is 7.84. The summed E-state index contributed by atoms with van der Waals surface area (Å²) in [7, 11) is 0. The summed E-state index contributed by atoms with van der Waals surface area (Å²) in [5.74, 6) is -2.07. The van der Waals surface area contributed by atoms with E-state index in [0.717, 1.165) is 6.08 Å². The molecule has 0 fully saturated rings. The van der Waals surface area contributed by atoms with E-state index in [4.69, 9.17) is 10.8 Å². The third-order valence-corrected chi connectivity index (χ3v) is 3.87. The lowest BCUT2D eigenvalue weighted by atomic mass is 9.73. The fourth-order valence-electron chi connectivity index (χ4n) is 1.37. The molecule has 5 heteroatoms. The highest BCUT2D eigenvalue weighted by molar-refractivity contribution is 9.11. The minimum absolute atomic E-state index is 0.0400. The van der Waals surface area contributed by atoms with Crippen LogP contribution in [0.1, 0.15) is 13.8 Å². The van der Waals surface area contributed by atoms with E-state index in [9.17, 15) is 9.18 Å². The van der Waals surface area contributed by atoms with Gasteiger partial charge in [-0.05, 0) is 13.0 Å². The fourth-order valence-corrected chi connectivity index (χ4v) is 1.95. The summed E-state index contributed by atoms with van der Waals surface area (Å²) in [5, 5.41) is 9.06. The molecule has 0 saturated carbocycles. The Labute approximate surface area is 89.6 Å². The number of hydrogen-bond donors (Lipinski definition) is 2. The first kappa shape index (κ1) is 11.2. The normalized spacial score (nSPS) is 32.9. The fraction of sp³-hybridized carbons (Fsp3) is 0.444. The van der Waals surface area contributed by atoms with Crippen molar-refractivity contribution in [2.75, 3.05) is 0 Å². The molecule has 0 aromatic rings. The first-order chi connectivity index (χ1) is 6.31. The molecule has 0 heterocycles. The number of allylic oxidation sites excluding steroid dienone is 3. The van der Waals surface area contributed by atoms with Crippen LogP contribution in [0.4, 0.5) is 4.39 Å². The summed E-state index contributed by atoms with van der Waals surface area (Å²) in [5.41, 5.74) is 4.34. The summed E-state index contributed by atoms with van der Waals surface area (Å²) in [6.07, 6.45) is 1.05. The van der Waals surface area contributed by atoms with Crippen molar-refractivity contribution in [3.63, 3.8) is 0 Å². The summed E-state index contributed by atoms with van der Waals surface area (Å²) < 4.78 is 13.4. The molecule has 2 atom stereocenters. The number of hydrogen-bond acceptors (Lipinski definition) is 2. The van der Waals surface area contributed by atoms with Crippen LogP contribution >= 0.6 is 15.9 Å². The second-order valence-electron chi connectivity index (χ2n) is 3.52. The minimum atomic E-state index is -1.24. The highest BCUT2D eigenvalue weighted by atomic mass is 79.9. The van der Waals surface area contributed by atoms with Gasteiger partial charge in [0, 0.05) is 16.1 Å². The molecule has 0 amide bonds. The van der Waals surface area contributed by atoms with E-state index in [1.165, 1.54) is 6.92 Å². The second-order valence-corrected chi connectivity index (χ2v) is 4.38. The molecule has 0 saturated heterocycles. The van der Waals surface area contributed by atoms with Gasteiger partial charge in [-0.3, -0.25) is 4.79 Å². The van der Waals surface area contributed by atoms with E-state index in [2.05, 4.69) is 15.9 Å². The number of carboxylic acid groups (broad SMARTS) is 1. The zero-order chi connectivity index (χ0) is 11.1. The molecule has 78 valence electrons. The van der Waals surface area contributed by atoms with Crippen molar-refractivity contribution in [1.82, 2.24) is 0 Å². The topological polar surface area (TPSA) is 63.3 Å². The molecule has 3 N–H and O–H groups in total. The Morgan fingerprint density at radius 3 is 2.71 bits per heavy atom. The van der Waals surface area contributed by atoms with Gasteiger partial charge >= 0.3 is 5.97 Å². The van der Waals surface area contributed by atoms with E-state index in [-0.39, 0.29) is 10.2 Å². The number of aliphatic carboxylic acids is 1. The molecule has 0 radical (unpaired) electrons. The summed E-state index contributed by atoms with van der Waals surface area (Å²) in [6.45, 7) is 3.11. The van der Waals surface area contributed by atoms with Crippen LogP contribution in [0.25, 0.3) is 0 Å². The minimum Gasteiger partial charge on any atom is -0.481 e. The maximum absolute atomic E-state index is 13.2. The van der Waals surface area contributed by atoms with E-state index in [1.807, 2.05) is 0 Å². The molecule has 0 aromatic heterocycles. The maximum Gasteiger partial charge on any atom is 0.315 e. The largest absolute Gasteiger partial charge is 0.481 e. The Hall–Kier alpha value is -0.840. The maximum atomic E-state index is 13.2. The molecule has 2 unspecified atom stereocenters. The molecule has 0 aromatic carbocycles. The highest BCUT2D eigenvalue weighted by Gasteiger charge is 2.45. The average Bonchev–Trinajstić information content (AvgIpc) is 2.11. The van der Waals surface area contributed by atoms with E-state index >= 15 is 0 Å². The molecule has 1 aliphatic carbocycles. The first-order valence-corrected chi connectivity index (χ1v) is 4.87. The lowest BCUT2D eigenvalue weighted by molar-refractivity contribution is -0.147. The quantitative estimate of drug-likeness (QED) is 0.762. The van der Waals surface area contributed by atoms with Gasteiger partial charge in [-0.1, -0.05) is 22.9 Å². The van der Waals surface area contributed by atoms with Crippen molar-refractivity contribution in [2.45, 2.75) is 13.8 Å². The lowest BCUT2D eigenvalue weighted by Crippen LogP contribution is -2.41. The summed E-state index contributed by atoms with van der Waals surface area (Å²) in [4.78, 5) is 11.1. The molecular weight excluding hydrogens is 253 g/mol. The third-order valence-electron chi connectivity index (χ3n) is 2.80. The van der Waals surface area contributed by atoms with Crippen LogP contribution in [-0.4, -0.2) is 11.1 Å². The smallest absolute Gasteiger partial charge is 0.315 e. The van der Waals surface area contributed by atoms with Gasteiger partial charge in [0.1, 0.15) is 11.2 Å². The first-order valence-electron chi connectivity index (χ1n) is 4.08. The second kappa shape index (κ2) is 3.38. The number of rotatable bonds is 1. The van der Waals surface area contributed by atoms with Gasteiger partial charge in [-0.2, -0.15) is 0 Å². The standard InChI is InChI=1S/C9H11BrFNO2/c1-4-7(10)5(11)3-6(12)9(4,2)8(13)14/h3-4H,12H2,1-2H3,(H,13,14).